The monoisotopic (exact) mass is 188 g/mol. The van der Waals surface area contributed by atoms with Crippen molar-refractivity contribution in [2.75, 3.05) is 6.61 Å². The van der Waals surface area contributed by atoms with Crippen molar-refractivity contribution < 1.29 is 9.53 Å². The lowest BCUT2D eigenvalue weighted by Crippen LogP contribution is -2.54. The maximum absolute atomic E-state index is 11.1. The Labute approximate surface area is 79.6 Å². The number of rotatable bonds is 5. The maximum Gasteiger partial charge on any atom is 0.307 e. The Hall–Kier alpha value is -0.610. The molecule has 0 aliphatic carbocycles. The van der Waals surface area contributed by atoms with Crippen LogP contribution < -0.4 is 11.5 Å². The molecule has 13 heavy (non-hydrogen) atoms. The van der Waals surface area contributed by atoms with Crippen molar-refractivity contribution in [2.24, 2.45) is 11.5 Å². The topological polar surface area (TPSA) is 78.3 Å². The van der Waals surface area contributed by atoms with E-state index in [4.69, 9.17) is 16.2 Å². The Morgan fingerprint density at radius 3 is 2.46 bits per heavy atom. The molecular weight excluding hydrogens is 168 g/mol. The van der Waals surface area contributed by atoms with E-state index in [0.717, 1.165) is 6.42 Å². The maximum atomic E-state index is 11.1. The molecule has 0 heterocycles. The Morgan fingerprint density at radius 1 is 1.54 bits per heavy atom. The van der Waals surface area contributed by atoms with Gasteiger partial charge in [0.1, 0.15) is 0 Å². The number of hydrogen-bond acceptors (Lipinski definition) is 4. The molecule has 0 fully saturated rings. The summed E-state index contributed by atoms with van der Waals surface area (Å²) < 4.78 is 4.80. The van der Waals surface area contributed by atoms with Crippen LogP contribution in [0.2, 0.25) is 0 Å². The molecule has 0 aromatic rings. The van der Waals surface area contributed by atoms with Crippen molar-refractivity contribution in [2.45, 2.75) is 45.2 Å². The van der Waals surface area contributed by atoms with Crippen LogP contribution in [0.1, 0.15) is 33.6 Å². The Bertz CT molecular complexity index is 169. The molecule has 0 aromatic heterocycles. The summed E-state index contributed by atoms with van der Waals surface area (Å²) in [6.45, 7) is 5.88. The van der Waals surface area contributed by atoms with Crippen molar-refractivity contribution in [1.82, 2.24) is 0 Å². The van der Waals surface area contributed by atoms with Crippen molar-refractivity contribution in [1.29, 1.82) is 0 Å². The van der Waals surface area contributed by atoms with Crippen LogP contribution in [-0.4, -0.2) is 24.2 Å². The van der Waals surface area contributed by atoms with E-state index in [9.17, 15) is 4.79 Å². The molecule has 78 valence electrons. The van der Waals surface area contributed by atoms with Gasteiger partial charge in [-0.2, -0.15) is 0 Å². The average Bonchev–Trinajstić information content (AvgIpc) is 2.02. The summed E-state index contributed by atoms with van der Waals surface area (Å²) >= 11 is 0. The number of hydrogen-bond donors (Lipinski definition) is 2. The zero-order valence-electron chi connectivity index (χ0n) is 8.67. The lowest BCUT2D eigenvalue weighted by molar-refractivity contribution is -0.144. The van der Waals surface area contributed by atoms with Gasteiger partial charge in [-0.05, 0) is 20.3 Å². The fourth-order valence-electron chi connectivity index (χ4n) is 1.12. The summed E-state index contributed by atoms with van der Waals surface area (Å²) in [6, 6.07) is -0.170. The molecule has 0 spiro atoms. The van der Waals surface area contributed by atoms with Gasteiger partial charge in [0.05, 0.1) is 13.0 Å². The first-order valence-corrected chi connectivity index (χ1v) is 4.64. The molecule has 0 aliphatic heterocycles. The van der Waals surface area contributed by atoms with Crippen LogP contribution >= 0.6 is 0 Å². The Morgan fingerprint density at radius 2 is 2.08 bits per heavy atom. The second-order valence-corrected chi connectivity index (χ2v) is 3.50. The quantitative estimate of drug-likeness (QED) is 0.612. The highest BCUT2D eigenvalue weighted by molar-refractivity contribution is 5.70. The smallest absolute Gasteiger partial charge is 0.307 e. The van der Waals surface area contributed by atoms with Crippen LogP contribution in [0.3, 0.4) is 0 Å². The van der Waals surface area contributed by atoms with Gasteiger partial charge in [-0.15, -0.1) is 0 Å². The third kappa shape index (κ3) is 4.24. The molecule has 4 N–H and O–H groups in total. The molecule has 4 nitrogen and oxygen atoms in total. The summed E-state index contributed by atoms with van der Waals surface area (Å²) in [4.78, 5) is 11.1. The highest BCUT2D eigenvalue weighted by atomic mass is 16.5. The first-order valence-electron chi connectivity index (χ1n) is 4.64. The largest absolute Gasteiger partial charge is 0.466 e. The zero-order chi connectivity index (χ0) is 10.5. The molecule has 0 amide bonds. The van der Waals surface area contributed by atoms with E-state index in [1.54, 1.807) is 13.8 Å². The first-order chi connectivity index (χ1) is 5.94. The SMILES string of the molecule is CCOC(=O)CC(C)(N)C(N)CC. The molecule has 0 saturated carbocycles. The molecule has 0 radical (unpaired) electrons. The third-order valence-electron chi connectivity index (χ3n) is 2.12. The van der Waals surface area contributed by atoms with Crippen LogP contribution in [0.4, 0.5) is 0 Å². The van der Waals surface area contributed by atoms with E-state index in [1.165, 1.54) is 0 Å². The van der Waals surface area contributed by atoms with Crippen molar-refractivity contribution in [3.8, 4) is 0 Å². The van der Waals surface area contributed by atoms with Gasteiger partial charge in [-0.1, -0.05) is 6.92 Å². The van der Waals surface area contributed by atoms with Gasteiger partial charge in [0.2, 0.25) is 0 Å². The predicted octanol–water partition coefficient (Wildman–Crippen LogP) is 0.394. The minimum absolute atomic E-state index is 0.170. The van der Waals surface area contributed by atoms with E-state index in [0.29, 0.717) is 6.61 Å². The average molecular weight is 188 g/mol. The molecule has 4 heteroatoms. The van der Waals surface area contributed by atoms with E-state index in [1.807, 2.05) is 6.92 Å². The molecule has 0 bridgehead atoms. The second kappa shape index (κ2) is 5.19. The lowest BCUT2D eigenvalue weighted by Gasteiger charge is -2.29. The normalized spacial score (nSPS) is 17.6. The molecule has 0 saturated heterocycles. The summed E-state index contributed by atoms with van der Waals surface area (Å²) in [5.74, 6) is -0.281. The van der Waals surface area contributed by atoms with Gasteiger partial charge >= 0.3 is 5.97 Å². The van der Waals surface area contributed by atoms with Gasteiger partial charge in [0.25, 0.3) is 0 Å². The minimum Gasteiger partial charge on any atom is -0.466 e. The third-order valence-corrected chi connectivity index (χ3v) is 2.12. The number of carbonyl (C=O) groups is 1. The van der Waals surface area contributed by atoms with E-state index in [-0.39, 0.29) is 18.4 Å². The highest BCUT2D eigenvalue weighted by Gasteiger charge is 2.29. The van der Waals surface area contributed by atoms with Crippen molar-refractivity contribution in [3.05, 3.63) is 0 Å². The molecule has 2 atom stereocenters. The second-order valence-electron chi connectivity index (χ2n) is 3.50. The number of carbonyl (C=O) groups excluding carboxylic acids is 1. The first kappa shape index (κ1) is 12.4. The van der Waals surface area contributed by atoms with E-state index < -0.39 is 5.54 Å². The van der Waals surface area contributed by atoms with E-state index in [2.05, 4.69) is 0 Å². The van der Waals surface area contributed by atoms with Crippen LogP contribution in [0.25, 0.3) is 0 Å². The summed E-state index contributed by atoms with van der Waals surface area (Å²) in [6.07, 6.45) is 0.933. The van der Waals surface area contributed by atoms with Gasteiger partial charge in [-0.3, -0.25) is 4.79 Å². The molecule has 2 unspecified atom stereocenters. The summed E-state index contributed by atoms with van der Waals surface area (Å²) in [7, 11) is 0. The summed E-state index contributed by atoms with van der Waals surface area (Å²) in [5, 5.41) is 0. The van der Waals surface area contributed by atoms with Crippen LogP contribution in [0, 0.1) is 0 Å². The minimum atomic E-state index is -0.666. The van der Waals surface area contributed by atoms with Crippen LogP contribution in [0.15, 0.2) is 0 Å². The van der Waals surface area contributed by atoms with Gasteiger partial charge < -0.3 is 16.2 Å². The van der Waals surface area contributed by atoms with Crippen LogP contribution in [0.5, 0.6) is 0 Å². The van der Waals surface area contributed by atoms with Gasteiger partial charge in [0, 0.05) is 11.6 Å². The number of esters is 1. The van der Waals surface area contributed by atoms with Crippen LogP contribution in [-0.2, 0) is 9.53 Å². The lowest BCUT2D eigenvalue weighted by atomic mass is 9.89. The molecule has 0 aromatic carbocycles. The molecular formula is C9H20N2O2. The number of ether oxygens (including phenoxy) is 1. The van der Waals surface area contributed by atoms with Crippen molar-refractivity contribution >= 4 is 5.97 Å². The Balaban J connectivity index is 4.08. The zero-order valence-corrected chi connectivity index (χ0v) is 8.67. The van der Waals surface area contributed by atoms with E-state index >= 15 is 0 Å². The van der Waals surface area contributed by atoms with Gasteiger partial charge in [0.15, 0.2) is 0 Å². The fourth-order valence-corrected chi connectivity index (χ4v) is 1.12. The predicted molar refractivity (Wildman–Crippen MR) is 52.1 cm³/mol. The Kier molecular flexibility index (Phi) is 4.95. The standard InChI is InChI=1S/C9H20N2O2/c1-4-7(10)9(3,11)6-8(12)13-5-2/h7H,4-6,10-11H2,1-3H3. The van der Waals surface area contributed by atoms with Crippen molar-refractivity contribution in [3.63, 3.8) is 0 Å². The van der Waals surface area contributed by atoms with Gasteiger partial charge in [-0.25, -0.2) is 0 Å². The summed E-state index contributed by atoms with van der Waals surface area (Å²) in [5.41, 5.74) is 11.0. The molecule has 0 aliphatic rings. The highest BCUT2D eigenvalue weighted by Crippen LogP contribution is 2.13. The fraction of sp³-hybridized carbons (Fsp3) is 0.889. The molecule has 0 rings (SSSR count). The number of nitrogens with two attached hydrogens (primary N) is 2.